The van der Waals surface area contributed by atoms with Gasteiger partial charge in [-0.2, -0.15) is 0 Å². The van der Waals surface area contributed by atoms with Crippen molar-refractivity contribution in [2.75, 3.05) is 6.54 Å². The van der Waals surface area contributed by atoms with E-state index < -0.39 is 0 Å². The number of likely N-dealkylation sites (tertiary alicyclic amines) is 1. The monoisotopic (exact) mass is 328 g/mol. The Bertz CT molecular complexity index is 751. The number of amides is 1. The Morgan fingerprint density at radius 3 is 2.67 bits per heavy atom. The summed E-state index contributed by atoms with van der Waals surface area (Å²) in [7, 11) is 0. The molecule has 0 bridgehead atoms. The predicted molar refractivity (Wildman–Crippen MR) is 90.0 cm³/mol. The SMILES string of the molecule is O=C(Cn1ccc(=O)cc1)N1CCCCC[C@H]1c1cccc(F)c1. The van der Waals surface area contributed by atoms with E-state index in [2.05, 4.69) is 0 Å². The second-order valence-electron chi connectivity index (χ2n) is 6.21. The largest absolute Gasteiger partial charge is 0.345 e. The van der Waals surface area contributed by atoms with Gasteiger partial charge in [0.05, 0.1) is 6.04 Å². The molecule has 1 saturated heterocycles. The maximum absolute atomic E-state index is 13.6. The molecule has 1 aromatic carbocycles. The summed E-state index contributed by atoms with van der Waals surface area (Å²) in [5, 5.41) is 0. The summed E-state index contributed by atoms with van der Waals surface area (Å²) >= 11 is 0. The molecule has 2 aromatic rings. The van der Waals surface area contributed by atoms with Gasteiger partial charge in [-0.3, -0.25) is 9.59 Å². The lowest BCUT2D eigenvalue weighted by atomic mass is 10.0. The third-order valence-corrected chi connectivity index (χ3v) is 4.48. The fraction of sp³-hybridized carbons (Fsp3) is 0.368. The topological polar surface area (TPSA) is 42.3 Å². The molecule has 1 aliphatic heterocycles. The summed E-state index contributed by atoms with van der Waals surface area (Å²) in [4.78, 5) is 25.8. The summed E-state index contributed by atoms with van der Waals surface area (Å²) in [5.74, 6) is -0.278. The Kier molecular flexibility index (Phi) is 5.08. The average molecular weight is 328 g/mol. The van der Waals surface area contributed by atoms with Gasteiger partial charge in [-0.05, 0) is 30.5 Å². The van der Waals surface area contributed by atoms with Crippen LogP contribution >= 0.6 is 0 Å². The lowest BCUT2D eigenvalue weighted by Crippen LogP contribution is -2.37. The number of halogens is 1. The van der Waals surface area contributed by atoms with Crippen molar-refractivity contribution in [3.05, 3.63) is 70.4 Å². The third kappa shape index (κ3) is 3.91. The highest BCUT2D eigenvalue weighted by atomic mass is 19.1. The maximum Gasteiger partial charge on any atom is 0.242 e. The molecule has 24 heavy (non-hydrogen) atoms. The second-order valence-corrected chi connectivity index (χ2v) is 6.21. The van der Waals surface area contributed by atoms with Gasteiger partial charge >= 0.3 is 0 Å². The first-order valence-corrected chi connectivity index (χ1v) is 8.34. The van der Waals surface area contributed by atoms with Crippen LogP contribution in [0, 0.1) is 5.82 Å². The number of nitrogens with zero attached hydrogens (tertiary/aromatic N) is 2. The number of hydrogen-bond donors (Lipinski definition) is 0. The standard InChI is InChI=1S/C19H21FN2O2/c20-16-6-4-5-15(13-16)18-7-2-1-3-10-22(18)19(24)14-21-11-8-17(23)9-12-21/h4-6,8-9,11-13,18H,1-3,7,10,14H2/t18-/m0/s1. The van der Waals surface area contributed by atoms with Crippen molar-refractivity contribution in [1.29, 1.82) is 0 Å². The van der Waals surface area contributed by atoms with Gasteiger partial charge in [0.25, 0.3) is 0 Å². The van der Waals surface area contributed by atoms with Crippen LogP contribution in [0.1, 0.15) is 37.3 Å². The van der Waals surface area contributed by atoms with Crippen LogP contribution in [0.4, 0.5) is 4.39 Å². The van der Waals surface area contributed by atoms with Crippen LogP contribution in [0.3, 0.4) is 0 Å². The number of benzene rings is 1. The number of hydrogen-bond acceptors (Lipinski definition) is 2. The van der Waals surface area contributed by atoms with Crippen molar-refractivity contribution >= 4 is 5.91 Å². The molecule has 5 heteroatoms. The van der Waals surface area contributed by atoms with Crippen LogP contribution in [-0.2, 0) is 11.3 Å². The first-order valence-electron chi connectivity index (χ1n) is 8.34. The molecule has 0 saturated carbocycles. The number of carbonyl (C=O) groups excluding carboxylic acids is 1. The molecule has 4 nitrogen and oxygen atoms in total. The summed E-state index contributed by atoms with van der Waals surface area (Å²) in [6.45, 7) is 0.867. The van der Waals surface area contributed by atoms with Crippen LogP contribution in [-0.4, -0.2) is 21.9 Å². The highest BCUT2D eigenvalue weighted by Gasteiger charge is 2.26. The molecule has 126 valence electrons. The Hall–Kier alpha value is -2.43. The molecule has 1 fully saturated rings. The van der Waals surface area contributed by atoms with Crippen molar-refractivity contribution in [3.63, 3.8) is 0 Å². The van der Waals surface area contributed by atoms with E-state index in [9.17, 15) is 14.0 Å². The van der Waals surface area contributed by atoms with Crippen molar-refractivity contribution in [2.24, 2.45) is 0 Å². The minimum absolute atomic E-state index is 0.00481. The van der Waals surface area contributed by atoms with Crippen LogP contribution in [0.2, 0.25) is 0 Å². The minimum atomic E-state index is -0.274. The average Bonchev–Trinajstić information content (AvgIpc) is 2.83. The van der Waals surface area contributed by atoms with Crippen LogP contribution in [0.5, 0.6) is 0 Å². The van der Waals surface area contributed by atoms with E-state index in [1.54, 1.807) is 23.0 Å². The van der Waals surface area contributed by atoms with E-state index in [1.165, 1.54) is 24.3 Å². The number of carbonyl (C=O) groups is 1. The van der Waals surface area contributed by atoms with Gasteiger partial charge in [-0.1, -0.05) is 25.0 Å². The second kappa shape index (κ2) is 7.43. The maximum atomic E-state index is 13.6. The van der Waals surface area contributed by atoms with Crippen molar-refractivity contribution in [1.82, 2.24) is 9.47 Å². The molecule has 2 heterocycles. The first kappa shape index (κ1) is 16.4. The van der Waals surface area contributed by atoms with Gasteiger partial charge in [0.2, 0.25) is 5.91 Å². The molecule has 0 radical (unpaired) electrons. The van der Waals surface area contributed by atoms with Gasteiger partial charge < -0.3 is 9.47 Å². The molecule has 0 aliphatic carbocycles. The highest BCUT2D eigenvalue weighted by molar-refractivity contribution is 5.76. The zero-order valence-corrected chi connectivity index (χ0v) is 13.5. The molecule has 0 spiro atoms. The summed E-state index contributed by atoms with van der Waals surface area (Å²) in [5.41, 5.74) is 0.774. The van der Waals surface area contributed by atoms with E-state index in [0.29, 0.717) is 6.54 Å². The van der Waals surface area contributed by atoms with Crippen molar-refractivity contribution in [3.8, 4) is 0 Å². The van der Waals surface area contributed by atoms with Crippen LogP contribution < -0.4 is 5.43 Å². The zero-order valence-electron chi connectivity index (χ0n) is 13.5. The molecular formula is C19H21FN2O2. The number of aromatic nitrogens is 1. The van der Waals surface area contributed by atoms with Crippen LogP contribution in [0.25, 0.3) is 0 Å². The minimum Gasteiger partial charge on any atom is -0.345 e. The Morgan fingerprint density at radius 2 is 1.92 bits per heavy atom. The van der Waals surface area contributed by atoms with E-state index >= 15 is 0 Å². The molecule has 3 rings (SSSR count). The Morgan fingerprint density at radius 1 is 1.12 bits per heavy atom. The molecule has 1 aliphatic rings. The van der Waals surface area contributed by atoms with E-state index in [1.807, 2.05) is 11.0 Å². The summed E-state index contributed by atoms with van der Waals surface area (Å²) < 4.78 is 15.3. The molecule has 1 aromatic heterocycles. The quantitative estimate of drug-likeness (QED) is 0.869. The molecular weight excluding hydrogens is 307 g/mol. The summed E-state index contributed by atoms with van der Waals surface area (Å²) in [6, 6.07) is 9.33. The fourth-order valence-corrected chi connectivity index (χ4v) is 3.26. The van der Waals surface area contributed by atoms with Gasteiger partial charge in [-0.25, -0.2) is 4.39 Å². The Balaban J connectivity index is 1.82. The van der Waals surface area contributed by atoms with Crippen molar-refractivity contribution in [2.45, 2.75) is 38.3 Å². The lowest BCUT2D eigenvalue weighted by molar-refractivity contribution is -0.134. The van der Waals surface area contributed by atoms with E-state index in [4.69, 9.17) is 0 Å². The van der Waals surface area contributed by atoms with Gasteiger partial charge in [0.1, 0.15) is 12.4 Å². The highest BCUT2D eigenvalue weighted by Crippen LogP contribution is 2.30. The van der Waals surface area contributed by atoms with Crippen molar-refractivity contribution < 1.29 is 9.18 Å². The lowest BCUT2D eigenvalue weighted by Gasteiger charge is -2.31. The van der Waals surface area contributed by atoms with E-state index in [0.717, 1.165) is 31.2 Å². The molecule has 1 amide bonds. The normalized spacial score (nSPS) is 18.2. The zero-order chi connectivity index (χ0) is 16.9. The summed E-state index contributed by atoms with van der Waals surface area (Å²) in [6.07, 6.45) is 7.15. The number of pyridine rings is 1. The Labute approximate surface area is 140 Å². The van der Waals surface area contributed by atoms with Gasteiger partial charge in [-0.15, -0.1) is 0 Å². The van der Waals surface area contributed by atoms with Gasteiger partial charge in [0, 0.05) is 31.1 Å². The predicted octanol–water partition coefficient (Wildman–Crippen LogP) is 3.13. The molecule has 0 N–H and O–H groups in total. The smallest absolute Gasteiger partial charge is 0.242 e. The number of rotatable bonds is 3. The molecule has 0 unspecified atom stereocenters. The fourth-order valence-electron chi connectivity index (χ4n) is 3.26. The van der Waals surface area contributed by atoms with Gasteiger partial charge in [0.15, 0.2) is 5.43 Å². The first-order chi connectivity index (χ1) is 11.6. The van der Waals surface area contributed by atoms with Crippen LogP contribution in [0.15, 0.2) is 53.6 Å². The van der Waals surface area contributed by atoms with E-state index in [-0.39, 0.29) is 29.7 Å². The molecule has 1 atom stereocenters. The third-order valence-electron chi connectivity index (χ3n) is 4.48.